The Balaban J connectivity index is 2.07. The molecule has 2 unspecified atom stereocenters. The Bertz CT molecular complexity index is 250. The summed E-state index contributed by atoms with van der Waals surface area (Å²) in [5.74, 6) is 1.55. The van der Waals surface area contributed by atoms with Gasteiger partial charge in [-0.15, -0.1) is 0 Å². The zero-order chi connectivity index (χ0) is 10.2. The van der Waals surface area contributed by atoms with Crippen molar-refractivity contribution >= 4 is 6.02 Å². The largest absolute Gasteiger partial charge is 0.463 e. The summed E-state index contributed by atoms with van der Waals surface area (Å²) in [6.07, 6.45) is 4.92. The van der Waals surface area contributed by atoms with E-state index in [1.165, 1.54) is 12.8 Å². The van der Waals surface area contributed by atoms with Crippen molar-refractivity contribution in [3.8, 4) is 0 Å². The van der Waals surface area contributed by atoms with Crippen molar-refractivity contribution in [3.63, 3.8) is 0 Å². The van der Waals surface area contributed by atoms with Gasteiger partial charge in [0.05, 0.1) is 0 Å². The minimum absolute atomic E-state index is 0.0390. The first-order valence-electron chi connectivity index (χ1n) is 5.59. The fraction of sp³-hybridized carbons (Fsp3) is 0.909. The molecule has 0 amide bonds. The number of nitrogens with zero attached hydrogens (tertiary/aromatic N) is 1. The maximum Gasteiger partial charge on any atom is 0.282 e. The van der Waals surface area contributed by atoms with E-state index in [1.807, 2.05) is 0 Å². The molecule has 2 aliphatic rings. The quantitative estimate of drug-likeness (QED) is 0.696. The highest BCUT2D eigenvalue weighted by atomic mass is 16.5. The highest BCUT2D eigenvalue weighted by Gasteiger charge is 2.41. The molecule has 1 aliphatic heterocycles. The van der Waals surface area contributed by atoms with Gasteiger partial charge in [-0.05, 0) is 24.7 Å². The van der Waals surface area contributed by atoms with Crippen LogP contribution >= 0.6 is 0 Å². The molecule has 1 aliphatic carbocycles. The Hall–Kier alpha value is -0.730. The van der Waals surface area contributed by atoms with Crippen molar-refractivity contribution < 1.29 is 4.74 Å². The maximum atomic E-state index is 5.59. The molecule has 2 N–H and O–H groups in total. The Morgan fingerprint density at radius 2 is 2.36 bits per heavy atom. The monoisotopic (exact) mass is 196 g/mol. The van der Waals surface area contributed by atoms with E-state index in [0.717, 1.165) is 24.7 Å². The molecule has 0 aromatic heterocycles. The lowest BCUT2D eigenvalue weighted by Crippen LogP contribution is -2.36. The minimum atomic E-state index is 0.0390. The number of amidine groups is 1. The van der Waals surface area contributed by atoms with E-state index >= 15 is 0 Å². The van der Waals surface area contributed by atoms with Gasteiger partial charge < -0.3 is 10.5 Å². The first-order chi connectivity index (χ1) is 6.61. The average molecular weight is 196 g/mol. The van der Waals surface area contributed by atoms with Crippen molar-refractivity contribution in [1.82, 2.24) is 0 Å². The smallest absolute Gasteiger partial charge is 0.282 e. The highest BCUT2D eigenvalue weighted by molar-refractivity contribution is 5.73. The van der Waals surface area contributed by atoms with Crippen LogP contribution in [0.25, 0.3) is 0 Å². The Kier molecular flexibility index (Phi) is 2.41. The van der Waals surface area contributed by atoms with Crippen LogP contribution in [-0.2, 0) is 4.74 Å². The molecular weight excluding hydrogens is 176 g/mol. The summed E-state index contributed by atoms with van der Waals surface area (Å²) in [4.78, 5) is 4.48. The van der Waals surface area contributed by atoms with E-state index in [9.17, 15) is 0 Å². The van der Waals surface area contributed by atoms with Crippen molar-refractivity contribution in [1.29, 1.82) is 0 Å². The number of rotatable bonds is 1. The van der Waals surface area contributed by atoms with Gasteiger partial charge in [0, 0.05) is 0 Å². The van der Waals surface area contributed by atoms with Gasteiger partial charge >= 0.3 is 0 Å². The third kappa shape index (κ3) is 1.72. The van der Waals surface area contributed by atoms with Crippen LogP contribution in [0.5, 0.6) is 0 Å². The lowest BCUT2D eigenvalue weighted by Gasteiger charge is -2.36. The van der Waals surface area contributed by atoms with Crippen molar-refractivity contribution in [2.45, 2.75) is 45.1 Å². The fourth-order valence-corrected chi connectivity index (χ4v) is 2.69. The highest BCUT2D eigenvalue weighted by Crippen LogP contribution is 2.40. The van der Waals surface area contributed by atoms with E-state index in [-0.39, 0.29) is 5.54 Å². The predicted octanol–water partition coefficient (Wildman–Crippen LogP) is 1.92. The molecule has 0 radical (unpaired) electrons. The zero-order valence-corrected chi connectivity index (χ0v) is 9.12. The lowest BCUT2D eigenvalue weighted by atomic mass is 9.72. The topological polar surface area (TPSA) is 47.6 Å². The van der Waals surface area contributed by atoms with Gasteiger partial charge in [-0.1, -0.05) is 26.7 Å². The van der Waals surface area contributed by atoms with E-state index < -0.39 is 0 Å². The standard InChI is InChI=1S/C11H20N2O/c1-8(2)9-4-3-5-11(6-9)7-14-10(12)13-11/h8-9H,3-7H2,1-2H3,(H2,12,13). The third-order valence-corrected chi connectivity index (χ3v) is 3.64. The van der Waals surface area contributed by atoms with Crippen molar-refractivity contribution in [3.05, 3.63) is 0 Å². The lowest BCUT2D eigenvalue weighted by molar-refractivity contribution is 0.146. The van der Waals surface area contributed by atoms with Crippen LogP contribution < -0.4 is 5.73 Å². The van der Waals surface area contributed by atoms with E-state index in [4.69, 9.17) is 10.5 Å². The summed E-state index contributed by atoms with van der Waals surface area (Å²) >= 11 is 0. The van der Waals surface area contributed by atoms with Crippen LogP contribution in [-0.4, -0.2) is 18.2 Å². The normalized spacial score (nSPS) is 37.4. The van der Waals surface area contributed by atoms with Crippen LogP contribution in [0.3, 0.4) is 0 Å². The second-order valence-corrected chi connectivity index (χ2v) is 5.06. The number of hydrogen-bond acceptors (Lipinski definition) is 3. The minimum Gasteiger partial charge on any atom is -0.463 e. The fourth-order valence-electron chi connectivity index (χ4n) is 2.69. The van der Waals surface area contributed by atoms with Gasteiger partial charge in [-0.3, -0.25) is 0 Å². The Labute approximate surface area is 85.7 Å². The Morgan fingerprint density at radius 3 is 2.93 bits per heavy atom. The second kappa shape index (κ2) is 3.44. The van der Waals surface area contributed by atoms with Gasteiger partial charge in [0.15, 0.2) is 0 Å². The van der Waals surface area contributed by atoms with E-state index in [2.05, 4.69) is 18.8 Å². The first-order valence-corrected chi connectivity index (χ1v) is 5.59. The summed E-state index contributed by atoms with van der Waals surface area (Å²) in [5.41, 5.74) is 5.63. The summed E-state index contributed by atoms with van der Waals surface area (Å²) < 4.78 is 5.30. The Morgan fingerprint density at radius 1 is 1.57 bits per heavy atom. The van der Waals surface area contributed by atoms with Crippen molar-refractivity contribution in [2.24, 2.45) is 22.6 Å². The summed E-state index contributed by atoms with van der Waals surface area (Å²) in [5, 5.41) is 0. The molecule has 0 saturated heterocycles. The van der Waals surface area contributed by atoms with Gasteiger partial charge in [-0.2, -0.15) is 0 Å². The molecule has 0 aromatic rings. The van der Waals surface area contributed by atoms with Gasteiger partial charge in [0.2, 0.25) is 0 Å². The molecule has 1 heterocycles. The van der Waals surface area contributed by atoms with E-state index in [0.29, 0.717) is 12.6 Å². The number of aliphatic imine (C=N–C) groups is 1. The van der Waals surface area contributed by atoms with Gasteiger partial charge in [0.25, 0.3) is 6.02 Å². The molecule has 80 valence electrons. The molecule has 0 bridgehead atoms. The molecular formula is C11H20N2O. The predicted molar refractivity (Wildman–Crippen MR) is 57.1 cm³/mol. The molecule has 1 saturated carbocycles. The number of ether oxygens (including phenoxy) is 1. The van der Waals surface area contributed by atoms with Gasteiger partial charge in [0.1, 0.15) is 12.1 Å². The second-order valence-electron chi connectivity index (χ2n) is 5.06. The van der Waals surface area contributed by atoms with Crippen LogP contribution in [0.1, 0.15) is 39.5 Å². The first kappa shape index (κ1) is 9.81. The summed E-state index contributed by atoms with van der Waals surface area (Å²) in [6.45, 7) is 5.31. The summed E-state index contributed by atoms with van der Waals surface area (Å²) in [7, 11) is 0. The molecule has 0 aromatic carbocycles. The maximum absolute atomic E-state index is 5.59. The van der Waals surface area contributed by atoms with Crippen LogP contribution in [0.4, 0.5) is 0 Å². The van der Waals surface area contributed by atoms with Crippen molar-refractivity contribution in [2.75, 3.05) is 6.61 Å². The molecule has 2 rings (SSSR count). The number of nitrogens with two attached hydrogens (primary N) is 1. The SMILES string of the molecule is CC(C)C1CCCC2(COC(N)=N2)C1. The van der Waals surface area contributed by atoms with Crippen LogP contribution in [0, 0.1) is 11.8 Å². The average Bonchev–Trinajstić information content (AvgIpc) is 2.47. The molecule has 1 fully saturated rings. The van der Waals surface area contributed by atoms with E-state index in [1.54, 1.807) is 0 Å². The molecule has 2 atom stereocenters. The van der Waals surface area contributed by atoms with Crippen LogP contribution in [0.15, 0.2) is 4.99 Å². The van der Waals surface area contributed by atoms with Crippen LogP contribution in [0.2, 0.25) is 0 Å². The van der Waals surface area contributed by atoms with Gasteiger partial charge in [-0.25, -0.2) is 4.99 Å². The zero-order valence-electron chi connectivity index (χ0n) is 9.12. The number of hydrogen-bond donors (Lipinski definition) is 1. The molecule has 3 heteroatoms. The molecule has 14 heavy (non-hydrogen) atoms. The molecule has 3 nitrogen and oxygen atoms in total. The molecule has 1 spiro atoms. The summed E-state index contributed by atoms with van der Waals surface area (Å²) in [6, 6.07) is 0.398. The third-order valence-electron chi connectivity index (χ3n) is 3.64.